The average Bonchev–Trinajstić information content (AvgIpc) is 2.82. The van der Waals surface area contributed by atoms with Crippen molar-refractivity contribution in [1.82, 2.24) is 0 Å². The number of sulfone groups is 1. The summed E-state index contributed by atoms with van der Waals surface area (Å²) in [5.74, 6) is -1.60. The molecule has 0 spiro atoms. The van der Waals surface area contributed by atoms with Gasteiger partial charge in [-0.2, -0.15) is 13.2 Å². The summed E-state index contributed by atoms with van der Waals surface area (Å²) in [6.45, 7) is 0. The molecule has 5 nitrogen and oxygen atoms in total. The molecule has 0 unspecified atom stereocenters. The molecular weight excluding hydrogens is 542 g/mol. The second-order valence-corrected chi connectivity index (χ2v) is 10.9. The van der Waals surface area contributed by atoms with Crippen molar-refractivity contribution in [3.8, 4) is 5.75 Å². The van der Waals surface area contributed by atoms with Crippen LogP contribution in [0.25, 0.3) is 10.8 Å². The number of phenols is 1. The third-order valence-corrected chi connectivity index (χ3v) is 7.93. The lowest BCUT2D eigenvalue weighted by Gasteiger charge is -2.14. The second-order valence-electron chi connectivity index (χ2n) is 7.42. The lowest BCUT2D eigenvalue weighted by atomic mass is 10.0. The van der Waals surface area contributed by atoms with Gasteiger partial charge in [-0.3, -0.25) is 4.79 Å². The van der Waals surface area contributed by atoms with Crippen LogP contribution in [0.5, 0.6) is 5.75 Å². The second kappa shape index (κ2) is 9.64. The van der Waals surface area contributed by atoms with E-state index >= 15 is 0 Å². The molecule has 4 aromatic carbocycles. The van der Waals surface area contributed by atoms with Crippen LogP contribution in [0.2, 0.25) is 5.02 Å². The van der Waals surface area contributed by atoms with Gasteiger partial charge < -0.3 is 10.4 Å². The van der Waals surface area contributed by atoms with Gasteiger partial charge in [-0.1, -0.05) is 47.6 Å². The lowest BCUT2D eigenvalue weighted by Crippen LogP contribution is -2.23. The van der Waals surface area contributed by atoms with E-state index in [1.807, 2.05) is 0 Å². The Hall–Kier alpha value is -3.28. The van der Waals surface area contributed by atoms with Gasteiger partial charge in [0.2, 0.25) is 0 Å². The first-order chi connectivity index (χ1) is 16.9. The maximum atomic E-state index is 13.3. The fraction of sp³-hybridized carbons (Fsp3) is 0.0417. The summed E-state index contributed by atoms with van der Waals surface area (Å²) in [4.78, 5) is 13.2. The van der Waals surface area contributed by atoms with E-state index in [2.05, 4.69) is 5.32 Å². The maximum absolute atomic E-state index is 13.3. The van der Waals surface area contributed by atoms with Gasteiger partial charge in [-0.25, -0.2) is 12.8 Å². The minimum Gasteiger partial charge on any atom is -0.506 e. The highest BCUT2D eigenvalue weighted by molar-refractivity contribution is 7.99. The quantitative estimate of drug-likeness (QED) is 0.258. The van der Waals surface area contributed by atoms with Crippen LogP contribution >= 0.6 is 23.4 Å². The SMILES string of the molecule is O=C(Nc1ccc(S(=O)(=O)C(F)(F)F)cc1Cl)c1cc(Sc2ccc(F)cc2)c2ccccc2c1O. The van der Waals surface area contributed by atoms with Crippen molar-refractivity contribution in [1.29, 1.82) is 0 Å². The van der Waals surface area contributed by atoms with Gasteiger partial charge in [-0.05, 0) is 53.9 Å². The number of nitrogens with one attached hydrogen (secondary N) is 1. The van der Waals surface area contributed by atoms with E-state index in [1.165, 1.54) is 30.0 Å². The number of carbonyl (C=O) groups is 1. The summed E-state index contributed by atoms with van der Waals surface area (Å²) in [5.41, 5.74) is -5.85. The standard InChI is InChI=1S/C24H14ClF4NO4S2/c25-19-11-15(36(33,34)24(27,28)29)9-10-20(19)30-23(32)18-12-21(35-14-7-5-13(26)6-8-14)16-3-1-2-4-17(16)22(18)31/h1-12,31H,(H,30,32). The molecule has 2 N–H and O–H groups in total. The van der Waals surface area contributed by atoms with Crippen molar-refractivity contribution < 1.29 is 35.9 Å². The molecule has 0 aliphatic carbocycles. The van der Waals surface area contributed by atoms with Gasteiger partial charge in [0.25, 0.3) is 15.7 Å². The summed E-state index contributed by atoms with van der Waals surface area (Å²) in [7, 11) is -5.63. The molecule has 0 bridgehead atoms. The van der Waals surface area contributed by atoms with Crippen LogP contribution in [0.1, 0.15) is 10.4 Å². The largest absolute Gasteiger partial charge is 0.506 e. The third-order valence-electron chi connectivity index (χ3n) is 5.07. The summed E-state index contributed by atoms with van der Waals surface area (Å²) >= 11 is 7.18. The Kier molecular flexibility index (Phi) is 6.91. The molecule has 0 saturated carbocycles. The number of halogens is 5. The monoisotopic (exact) mass is 555 g/mol. The maximum Gasteiger partial charge on any atom is 0.501 e. The van der Waals surface area contributed by atoms with Crippen molar-refractivity contribution in [2.24, 2.45) is 0 Å². The van der Waals surface area contributed by atoms with Crippen LogP contribution < -0.4 is 5.32 Å². The van der Waals surface area contributed by atoms with Crippen molar-refractivity contribution in [3.63, 3.8) is 0 Å². The Morgan fingerprint density at radius 3 is 2.19 bits per heavy atom. The number of hydrogen-bond donors (Lipinski definition) is 2. The Morgan fingerprint density at radius 1 is 0.944 bits per heavy atom. The first-order valence-corrected chi connectivity index (χ1v) is 12.7. The third kappa shape index (κ3) is 4.99. The highest BCUT2D eigenvalue weighted by Crippen LogP contribution is 2.40. The van der Waals surface area contributed by atoms with Crippen LogP contribution in [0.4, 0.5) is 23.2 Å². The molecule has 0 saturated heterocycles. The van der Waals surface area contributed by atoms with Crippen molar-refractivity contribution in [3.05, 3.63) is 89.2 Å². The molecule has 186 valence electrons. The van der Waals surface area contributed by atoms with Gasteiger partial charge in [0.05, 0.1) is 21.2 Å². The number of carbonyl (C=O) groups excluding carboxylic acids is 1. The summed E-state index contributed by atoms with van der Waals surface area (Å²) in [6, 6.07) is 16.0. The van der Waals surface area contributed by atoms with Crippen molar-refractivity contribution in [2.75, 3.05) is 5.32 Å². The Balaban J connectivity index is 1.71. The molecular formula is C24H14ClF4NO4S2. The first-order valence-electron chi connectivity index (χ1n) is 9.99. The molecule has 0 heterocycles. The summed E-state index contributed by atoms with van der Waals surface area (Å²) < 4.78 is 75.0. The van der Waals surface area contributed by atoms with E-state index in [9.17, 15) is 35.9 Å². The number of benzene rings is 4. The van der Waals surface area contributed by atoms with Gasteiger partial charge in [-0.15, -0.1) is 0 Å². The zero-order chi connectivity index (χ0) is 26.3. The van der Waals surface area contributed by atoms with E-state index < -0.39 is 37.0 Å². The Labute approximate surface area is 211 Å². The summed E-state index contributed by atoms with van der Waals surface area (Å²) in [6.07, 6.45) is 0. The molecule has 12 heteroatoms. The van der Waals surface area contributed by atoms with E-state index in [4.69, 9.17) is 11.6 Å². The highest BCUT2D eigenvalue weighted by Gasteiger charge is 2.47. The lowest BCUT2D eigenvalue weighted by molar-refractivity contribution is -0.0436. The van der Waals surface area contributed by atoms with Crippen LogP contribution in [0, 0.1) is 5.82 Å². The molecule has 4 aromatic rings. The Morgan fingerprint density at radius 2 is 1.58 bits per heavy atom. The number of rotatable bonds is 5. The minimum absolute atomic E-state index is 0.164. The van der Waals surface area contributed by atoms with E-state index in [0.717, 1.165) is 6.07 Å². The van der Waals surface area contributed by atoms with Gasteiger partial charge in [0, 0.05) is 15.2 Å². The topological polar surface area (TPSA) is 83.5 Å². The molecule has 1 amide bonds. The molecule has 0 aliphatic rings. The van der Waals surface area contributed by atoms with E-state index in [1.54, 1.807) is 36.4 Å². The smallest absolute Gasteiger partial charge is 0.501 e. The number of aromatic hydroxyl groups is 1. The van der Waals surface area contributed by atoms with Gasteiger partial charge >= 0.3 is 5.51 Å². The zero-order valence-electron chi connectivity index (χ0n) is 17.8. The van der Waals surface area contributed by atoms with Crippen LogP contribution in [0.15, 0.2) is 87.5 Å². The van der Waals surface area contributed by atoms with Gasteiger partial charge in [0.1, 0.15) is 11.6 Å². The fourth-order valence-electron chi connectivity index (χ4n) is 3.30. The zero-order valence-corrected chi connectivity index (χ0v) is 20.2. The van der Waals surface area contributed by atoms with Crippen LogP contribution in [-0.2, 0) is 9.84 Å². The molecule has 0 fully saturated rings. The molecule has 0 atom stereocenters. The first kappa shape index (κ1) is 25.8. The van der Waals surface area contributed by atoms with Gasteiger partial charge in [0.15, 0.2) is 0 Å². The number of hydrogen-bond acceptors (Lipinski definition) is 5. The molecule has 36 heavy (non-hydrogen) atoms. The predicted octanol–water partition coefficient (Wildman–Crippen LogP) is 7.03. The number of fused-ring (bicyclic) bond motifs is 1. The molecule has 4 rings (SSSR count). The van der Waals surface area contributed by atoms with Crippen LogP contribution in [-0.4, -0.2) is 24.9 Å². The molecule has 0 radical (unpaired) electrons. The number of phenolic OH excluding ortho intramolecular Hbond substituents is 1. The predicted molar refractivity (Wildman–Crippen MR) is 129 cm³/mol. The number of amides is 1. The molecule has 0 aliphatic heterocycles. The highest BCUT2D eigenvalue weighted by atomic mass is 35.5. The van der Waals surface area contributed by atoms with E-state index in [0.29, 0.717) is 32.7 Å². The molecule has 0 aromatic heterocycles. The number of anilines is 1. The van der Waals surface area contributed by atoms with E-state index in [-0.39, 0.29) is 17.0 Å². The summed E-state index contributed by atoms with van der Waals surface area (Å²) in [5, 5.41) is 13.7. The van der Waals surface area contributed by atoms with Crippen LogP contribution in [0.3, 0.4) is 0 Å². The van der Waals surface area contributed by atoms with Crippen molar-refractivity contribution in [2.45, 2.75) is 20.2 Å². The normalized spacial score (nSPS) is 12.0. The average molecular weight is 556 g/mol. The Bertz CT molecular complexity index is 1590. The fourth-order valence-corrected chi connectivity index (χ4v) is 5.37. The van der Waals surface area contributed by atoms with Crippen molar-refractivity contribution >= 4 is 55.6 Å². The number of alkyl halides is 3. The minimum atomic E-state index is -5.63.